The predicted molar refractivity (Wildman–Crippen MR) is 85.2 cm³/mol. The van der Waals surface area contributed by atoms with E-state index in [-0.39, 0.29) is 0 Å². The summed E-state index contributed by atoms with van der Waals surface area (Å²) in [7, 11) is 0. The van der Waals surface area contributed by atoms with Crippen LogP contribution in [0.25, 0.3) is 0 Å². The number of para-hydroxylation sites is 1. The van der Waals surface area contributed by atoms with Crippen LogP contribution in [0.3, 0.4) is 0 Å². The highest BCUT2D eigenvalue weighted by Crippen LogP contribution is 2.39. The van der Waals surface area contributed by atoms with Crippen LogP contribution in [0.4, 0.5) is 0 Å². The van der Waals surface area contributed by atoms with E-state index in [1.165, 1.54) is 31.2 Å². The molecule has 1 unspecified atom stereocenters. The number of rotatable bonds is 6. The van der Waals surface area contributed by atoms with E-state index in [2.05, 4.69) is 50.4 Å². The number of ether oxygens (including phenoxy) is 1. The van der Waals surface area contributed by atoms with Crippen molar-refractivity contribution in [2.75, 3.05) is 13.2 Å². The minimum Gasteiger partial charge on any atom is -0.494 e. The van der Waals surface area contributed by atoms with Crippen molar-refractivity contribution in [2.24, 2.45) is 11.8 Å². The van der Waals surface area contributed by atoms with Gasteiger partial charge < -0.3 is 10.1 Å². The van der Waals surface area contributed by atoms with Crippen molar-refractivity contribution in [3.05, 3.63) is 29.8 Å². The topological polar surface area (TPSA) is 21.3 Å². The van der Waals surface area contributed by atoms with Crippen LogP contribution < -0.4 is 10.1 Å². The third-order valence-corrected chi connectivity index (χ3v) is 4.51. The Hall–Kier alpha value is -1.02. The zero-order chi connectivity index (χ0) is 14.4. The fourth-order valence-electron chi connectivity index (χ4n) is 3.39. The molecule has 2 rings (SSSR count). The van der Waals surface area contributed by atoms with Gasteiger partial charge in [0.2, 0.25) is 0 Å². The number of hydrogen-bond donors (Lipinski definition) is 1. The van der Waals surface area contributed by atoms with Gasteiger partial charge in [-0.3, -0.25) is 0 Å². The summed E-state index contributed by atoms with van der Waals surface area (Å²) < 4.78 is 5.84. The van der Waals surface area contributed by atoms with Gasteiger partial charge in [-0.25, -0.2) is 0 Å². The SMILES string of the molecule is CCNC(c1ccccc1OCC)C1CCC(C)CC1. The lowest BCUT2D eigenvalue weighted by atomic mass is 9.77. The van der Waals surface area contributed by atoms with E-state index in [4.69, 9.17) is 4.74 Å². The zero-order valence-electron chi connectivity index (χ0n) is 13.2. The van der Waals surface area contributed by atoms with Crippen LogP contribution in [-0.2, 0) is 0 Å². The molecule has 20 heavy (non-hydrogen) atoms. The Morgan fingerprint density at radius 1 is 1.15 bits per heavy atom. The van der Waals surface area contributed by atoms with Crippen molar-refractivity contribution in [1.82, 2.24) is 5.32 Å². The Balaban J connectivity index is 2.19. The normalized spacial score (nSPS) is 24.4. The first-order chi connectivity index (χ1) is 9.76. The number of benzene rings is 1. The summed E-state index contributed by atoms with van der Waals surface area (Å²) in [6, 6.07) is 8.98. The molecule has 0 spiro atoms. The smallest absolute Gasteiger partial charge is 0.124 e. The molecule has 1 N–H and O–H groups in total. The Kier molecular flexibility index (Phi) is 5.90. The molecule has 0 aliphatic heterocycles. The van der Waals surface area contributed by atoms with Gasteiger partial charge in [0, 0.05) is 11.6 Å². The van der Waals surface area contributed by atoms with E-state index < -0.39 is 0 Å². The van der Waals surface area contributed by atoms with Crippen molar-refractivity contribution in [3.8, 4) is 5.75 Å². The van der Waals surface area contributed by atoms with Crippen LogP contribution in [0.1, 0.15) is 58.1 Å². The average molecular weight is 275 g/mol. The highest BCUT2D eigenvalue weighted by molar-refractivity contribution is 5.36. The van der Waals surface area contributed by atoms with Gasteiger partial charge in [0.05, 0.1) is 6.61 Å². The van der Waals surface area contributed by atoms with Gasteiger partial charge in [0.25, 0.3) is 0 Å². The largest absolute Gasteiger partial charge is 0.494 e. The van der Waals surface area contributed by atoms with Crippen molar-refractivity contribution in [1.29, 1.82) is 0 Å². The fourth-order valence-corrected chi connectivity index (χ4v) is 3.39. The first kappa shape index (κ1) is 15.4. The lowest BCUT2D eigenvalue weighted by Gasteiger charge is -2.34. The quantitative estimate of drug-likeness (QED) is 0.821. The van der Waals surface area contributed by atoms with Crippen molar-refractivity contribution in [3.63, 3.8) is 0 Å². The van der Waals surface area contributed by atoms with Gasteiger partial charge in [-0.05, 0) is 44.2 Å². The molecule has 1 aliphatic rings. The van der Waals surface area contributed by atoms with E-state index in [1.54, 1.807) is 0 Å². The standard InChI is InChI=1S/C18H29NO/c1-4-19-18(15-12-10-14(3)11-13-15)16-8-6-7-9-17(16)20-5-2/h6-9,14-15,18-19H,4-5,10-13H2,1-3H3. The molecule has 0 amide bonds. The van der Waals surface area contributed by atoms with Crippen LogP contribution in [0.5, 0.6) is 5.75 Å². The molecule has 1 atom stereocenters. The number of nitrogens with one attached hydrogen (secondary N) is 1. The summed E-state index contributed by atoms with van der Waals surface area (Å²) >= 11 is 0. The van der Waals surface area contributed by atoms with Crippen LogP contribution in [-0.4, -0.2) is 13.2 Å². The predicted octanol–water partition coefficient (Wildman–Crippen LogP) is 4.56. The third kappa shape index (κ3) is 3.76. The van der Waals surface area contributed by atoms with Crippen LogP contribution in [0.2, 0.25) is 0 Å². The second-order valence-electron chi connectivity index (χ2n) is 6.03. The molecule has 0 aromatic heterocycles. The van der Waals surface area contributed by atoms with E-state index in [0.717, 1.165) is 30.7 Å². The Bertz CT molecular complexity index is 396. The third-order valence-electron chi connectivity index (χ3n) is 4.51. The average Bonchev–Trinajstić information content (AvgIpc) is 2.47. The summed E-state index contributed by atoms with van der Waals surface area (Å²) in [5.41, 5.74) is 1.34. The highest BCUT2D eigenvalue weighted by atomic mass is 16.5. The summed E-state index contributed by atoms with van der Waals surface area (Å²) in [5, 5.41) is 3.70. The lowest BCUT2D eigenvalue weighted by Crippen LogP contribution is -2.31. The summed E-state index contributed by atoms with van der Waals surface area (Å²) in [4.78, 5) is 0. The summed E-state index contributed by atoms with van der Waals surface area (Å²) in [5.74, 6) is 2.70. The molecular formula is C18H29NO. The highest BCUT2D eigenvalue weighted by Gasteiger charge is 2.28. The summed E-state index contributed by atoms with van der Waals surface area (Å²) in [6.45, 7) is 8.38. The molecular weight excluding hydrogens is 246 g/mol. The lowest BCUT2D eigenvalue weighted by molar-refractivity contribution is 0.228. The van der Waals surface area contributed by atoms with Gasteiger partial charge >= 0.3 is 0 Å². The maximum absolute atomic E-state index is 5.84. The van der Waals surface area contributed by atoms with Crippen LogP contribution in [0.15, 0.2) is 24.3 Å². The molecule has 1 aromatic carbocycles. The van der Waals surface area contributed by atoms with Crippen LogP contribution in [0, 0.1) is 11.8 Å². The Morgan fingerprint density at radius 3 is 2.50 bits per heavy atom. The maximum atomic E-state index is 5.84. The van der Waals surface area contributed by atoms with Gasteiger partial charge in [0.1, 0.15) is 5.75 Å². The second-order valence-corrected chi connectivity index (χ2v) is 6.03. The zero-order valence-corrected chi connectivity index (χ0v) is 13.2. The Morgan fingerprint density at radius 2 is 1.85 bits per heavy atom. The van der Waals surface area contributed by atoms with E-state index >= 15 is 0 Å². The van der Waals surface area contributed by atoms with E-state index in [9.17, 15) is 0 Å². The van der Waals surface area contributed by atoms with Crippen molar-refractivity contribution < 1.29 is 4.74 Å². The molecule has 0 saturated heterocycles. The molecule has 0 heterocycles. The minimum atomic E-state index is 0.440. The van der Waals surface area contributed by atoms with Gasteiger partial charge in [-0.2, -0.15) is 0 Å². The van der Waals surface area contributed by atoms with Gasteiger partial charge in [0.15, 0.2) is 0 Å². The molecule has 0 bridgehead atoms. The molecule has 1 aliphatic carbocycles. The van der Waals surface area contributed by atoms with Crippen molar-refractivity contribution in [2.45, 2.75) is 52.5 Å². The summed E-state index contributed by atoms with van der Waals surface area (Å²) in [6.07, 6.45) is 5.39. The monoisotopic (exact) mass is 275 g/mol. The van der Waals surface area contributed by atoms with Gasteiger partial charge in [-0.1, -0.05) is 44.9 Å². The Labute approximate surface area is 123 Å². The van der Waals surface area contributed by atoms with Crippen molar-refractivity contribution >= 4 is 0 Å². The number of hydrogen-bond acceptors (Lipinski definition) is 2. The van der Waals surface area contributed by atoms with Crippen LogP contribution >= 0.6 is 0 Å². The van der Waals surface area contributed by atoms with Gasteiger partial charge in [-0.15, -0.1) is 0 Å². The van der Waals surface area contributed by atoms with E-state index in [1.807, 2.05) is 0 Å². The van der Waals surface area contributed by atoms with E-state index in [0.29, 0.717) is 6.04 Å². The first-order valence-electron chi connectivity index (χ1n) is 8.21. The fraction of sp³-hybridized carbons (Fsp3) is 0.667. The molecule has 1 fully saturated rings. The molecule has 0 radical (unpaired) electrons. The second kappa shape index (κ2) is 7.68. The molecule has 1 saturated carbocycles. The minimum absolute atomic E-state index is 0.440. The maximum Gasteiger partial charge on any atom is 0.124 e. The molecule has 2 heteroatoms. The molecule has 2 nitrogen and oxygen atoms in total. The first-order valence-corrected chi connectivity index (χ1v) is 8.21. The molecule has 112 valence electrons. The molecule has 1 aromatic rings.